The van der Waals surface area contributed by atoms with Crippen LogP contribution in [0.25, 0.3) is 0 Å². The molecule has 0 saturated carbocycles. The molecule has 14 heteroatoms. The molecule has 2 heterocycles. The first-order chi connectivity index (χ1) is 18.4. The Morgan fingerprint density at radius 1 is 1.03 bits per heavy atom. The summed E-state index contributed by atoms with van der Waals surface area (Å²) in [6.45, 7) is 6.71. The van der Waals surface area contributed by atoms with Crippen LogP contribution in [-0.2, 0) is 51.8 Å². The molecule has 5 atom stereocenters. The van der Waals surface area contributed by atoms with Gasteiger partial charge in [-0.3, -0.25) is 19.2 Å². The molecule has 1 aromatic carbocycles. The third-order valence-corrected chi connectivity index (χ3v) is 6.78. The number of nitrogens with zero attached hydrogens (tertiary/aromatic N) is 3. The number of hydrogen-bond donors (Lipinski definition) is 1. The van der Waals surface area contributed by atoms with Crippen molar-refractivity contribution < 1.29 is 42.9 Å². The number of esters is 3. The lowest BCUT2D eigenvalue weighted by molar-refractivity contribution is -0.211. The van der Waals surface area contributed by atoms with Gasteiger partial charge in [0.1, 0.15) is 36.5 Å². The van der Waals surface area contributed by atoms with Crippen LogP contribution < -0.4 is 10.1 Å². The highest BCUT2D eigenvalue weighted by atomic mass is 32.2. The molecule has 1 saturated heterocycles. The SMILES string of the molecule is CC(=O)N[C@@H]1[C@H](OC(C)=O)[C@H](OC(C)=O)[C@H](COC(C)=O)O[C@@H]1Sc1nnc(COc2cccc(C)c2)n1C. The normalized spacial score (nSPS) is 22.5. The minimum Gasteiger partial charge on any atom is -0.486 e. The van der Waals surface area contributed by atoms with Crippen LogP contribution in [0.2, 0.25) is 0 Å². The van der Waals surface area contributed by atoms with Crippen LogP contribution in [0.3, 0.4) is 0 Å². The number of benzene rings is 1. The minimum absolute atomic E-state index is 0.147. The lowest BCUT2D eigenvalue weighted by atomic mass is 9.97. The maximum Gasteiger partial charge on any atom is 0.303 e. The summed E-state index contributed by atoms with van der Waals surface area (Å²) in [7, 11) is 1.75. The van der Waals surface area contributed by atoms with Gasteiger partial charge in [-0.1, -0.05) is 23.9 Å². The molecular weight excluding hydrogens is 532 g/mol. The standard InChI is InChI=1S/C25H32N4O9S/c1-13-8-7-9-18(10-13)35-12-20-27-28-25(29(20)6)39-24-21(26-14(2)30)23(37-17(5)33)22(36-16(4)32)19(38-24)11-34-15(3)31/h7-10,19,21-24H,11-12H2,1-6H3,(H,26,30)/t19-,21+,22+,23-,24+/m0/s1. The zero-order chi connectivity index (χ0) is 28.7. The quantitative estimate of drug-likeness (QED) is 0.328. The fourth-order valence-corrected chi connectivity index (χ4v) is 5.05. The van der Waals surface area contributed by atoms with E-state index in [1.165, 1.54) is 27.7 Å². The molecule has 1 fully saturated rings. The number of carbonyl (C=O) groups excluding carboxylic acids is 4. The molecule has 1 aliphatic heterocycles. The van der Waals surface area contributed by atoms with E-state index in [1.807, 2.05) is 31.2 Å². The molecule has 39 heavy (non-hydrogen) atoms. The van der Waals surface area contributed by atoms with E-state index in [0.29, 0.717) is 16.7 Å². The second-order valence-corrected chi connectivity index (χ2v) is 9.97. The first-order valence-corrected chi connectivity index (χ1v) is 13.0. The van der Waals surface area contributed by atoms with Crippen molar-refractivity contribution in [1.29, 1.82) is 0 Å². The van der Waals surface area contributed by atoms with Gasteiger partial charge in [0, 0.05) is 34.7 Å². The average molecular weight is 565 g/mol. The van der Waals surface area contributed by atoms with Gasteiger partial charge in [-0.2, -0.15) is 0 Å². The molecule has 0 radical (unpaired) electrons. The largest absolute Gasteiger partial charge is 0.486 e. The number of aromatic nitrogens is 3. The number of carbonyl (C=O) groups is 4. The summed E-state index contributed by atoms with van der Waals surface area (Å²) in [6.07, 6.45) is -3.33. The Kier molecular flexibility index (Phi) is 10.3. The molecule has 0 unspecified atom stereocenters. The van der Waals surface area contributed by atoms with Gasteiger partial charge in [0.05, 0.1) is 0 Å². The van der Waals surface area contributed by atoms with Crippen molar-refractivity contribution in [1.82, 2.24) is 20.1 Å². The number of hydrogen-bond acceptors (Lipinski definition) is 12. The predicted octanol–water partition coefficient (Wildman–Crippen LogP) is 1.45. The fraction of sp³-hybridized carbons (Fsp3) is 0.520. The van der Waals surface area contributed by atoms with E-state index in [4.69, 9.17) is 23.7 Å². The Morgan fingerprint density at radius 3 is 2.33 bits per heavy atom. The lowest BCUT2D eigenvalue weighted by Crippen LogP contribution is -2.65. The first kappa shape index (κ1) is 29.9. The summed E-state index contributed by atoms with van der Waals surface area (Å²) in [5.74, 6) is -1.15. The molecule has 1 amide bonds. The van der Waals surface area contributed by atoms with Gasteiger partial charge >= 0.3 is 17.9 Å². The summed E-state index contributed by atoms with van der Waals surface area (Å²) >= 11 is 1.10. The lowest BCUT2D eigenvalue weighted by Gasteiger charge is -2.44. The number of aryl methyl sites for hydroxylation is 1. The van der Waals surface area contributed by atoms with Crippen molar-refractivity contribution in [3.05, 3.63) is 35.7 Å². The van der Waals surface area contributed by atoms with E-state index in [0.717, 1.165) is 17.3 Å². The Balaban J connectivity index is 1.89. The van der Waals surface area contributed by atoms with Crippen LogP contribution in [0.4, 0.5) is 0 Å². The fourth-order valence-electron chi connectivity index (χ4n) is 3.92. The molecule has 0 bridgehead atoms. The summed E-state index contributed by atoms with van der Waals surface area (Å²) < 4.78 is 29.8. The van der Waals surface area contributed by atoms with E-state index >= 15 is 0 Å². The summed E-state index contributed by atoms with van der Waals surface area (Å²) in [4.78, 5) is 47.6. The second kappa shape index (κ2) is 13.4. The highest BCUT2D eigenvalue weighted by molar-refractivity contribution is 7.99. The molecular formula is C25H32N4O9S. The molecule has 1 aliphatic rings. The van der Waals surface area contributed by atoms with Gasteiger partial charge in [0.2, 0.25) is 5.91 Å². The third-order valence-electron chi connectivity index (χ3n) is 5.58. The third kappa shape index (κ3) is 8.42. The van der Waals surface area contributed by atoms with E-state index in [-0.39, 0.29) is 13.2 Å². The molecule has 1 aromatic heterocycles. The van der Waals surface area contributed by atoms with Crippen molar-refractivity contribution in [2.24, 2.45) is 7.05 Å². The molecule has 0 aliphatic carbocycles. The minimum atomic E-state index is -1.17. The molecule has 212 valence electrons. The van der Waals surface area contributed by atoms with E-state index in [2.05, 4.69) is 15.5 Å². The maximum atomic E-state index is 12.1. The second-order valence-electron chi connectivity index (χ2n) is 8.90. The van der Waals surface area contributed by atoms with E-state index in [9.17, 15) is 19.2 Å². The van der Waals surface area contributed by atoms with E-state index < -0.39 is 53.6 Å². The first-order valence-electron chi connectivity index (χ1n) is 12.1. The van der Waals surface area contributed by atoms with Gasteiger partial charge < -0.3 is 33.6 Å². The van der Waals surface area contributed by atoms with Gasteiger partial charge in [-0.15, -0.1) is 10.2 Å². The van der Waals surface area contributed by atoms with Gasteiger partial charge in [0.25, 0.3) is 0 Å². The van der Waals surface area contributed by atoms with Crippen LogP contribution >= 0.6 is 11.8 Å². The topological polar surface area (TPSA) is 157 Å². The highest BCUT2D eigenvalue weighted by Crippen LogP contribution is 2.35. The molecule has 1 N–H and O–H groups in total. The highest BCUT2D eigenvalue weighted by Gasteiger charge is 2.51. The molecule has 13 nitrogen and oxygen atoms in total. The number of amides is 1. The smallest absolute Gasteiger partial charge is 0.303 e. The summed E-state index contributed by atoms with van der Waals surface area (Å²) in [5, 5.41) is 11.6. The van der Waals surface area contributed by atoms with Gasteiger partial charge in [-0.05, 0) is 24.6 Å². The Hall–Kier alpha value is -3.65. The van der Waals surface area contributed by atoms with Crippen molar-refractivity contribution in [3.63, 3.8) is 0 Å². The Morgan fingerprint density at radius 2 is 1.72 bits per heavy atom. The van der Waals surface area contributed by atoms with Crippen molar-refractivity contribution in [2.75, 3.05) is 6.61 Å². The average Bonchev–Trinajstić information content (AvgIpc) is 3.18. The zero-order valence-electron chi connectivity index (χ0n) is 22.5. The number of nitrogens with one attached hydrogen (secondary N) is 1. The van der Waals surface area contributed by atoms with Crippen LogP contribution in [0, 0.1) is 6.92 Å². The van der Waals surface area contributed by atoms with Crippen molar-refractivity contribution >= 4 is 35.6 Å². The number of thioether (sulfide) groups is 1. The van der Waals surface area contributed by atoms with Crippen LogP contribution in [0.15, 0.2) is 29.4 Å². The molecule has 0 spiro atoms. The van der Waals surface area contributed by atoms with Crippen LogP contribution in [0.1, 0.15) is 39.1 Å². The monoisotopic (exact) mass is 564 g/mol. The molecule has 3 rings (SSSR count). The summed E-state index contributed by atoms with van der Waals surface area (Å²) in [6, 6.07) is 6.63. The van der Waals surface area contributed by atoms with Gasteiger partial charge in [0.15, 0.2) is 23.2 Å². The van der Waals surface area contributed by atoms with E-state index in [1.54, 1.807) is 11.6 Å². The Bertz CT molecular complexity index is 1200. The Labute approximate surface area is 229 Å². The van der Waals surface area contributed by atoms with Crippen molar-refractivity contribution in [2.45, 2.75) is 76.2 Å². The van der Waals surface area contributed by atoms with Crippen LogP contribution in [0.5, 0.6) is 5.75 Å². The van der Waals surface area contributed by atoms with Crippen molar-refractivity contribution in [3.8, 4) is 5.75 Å². The van der Waals surface area contributed by atoms with Crippen LogP contribution in [-0.4, -0.2) is 75.0 Å². The number of ether oxygens (including phenoxy) is 5. The maximum absolute atomic E-state index is 12.1. The van der Waals surface area contributed by atoms with Gasteiger partial charge in [-0.25, -0.2) is 0 Å². The zero-order valence-corrected chi connectivity index (χ0v) is 23.4. The summed E-state index contributed by atoms with van der Waals surface area (Å²) in [5.41, 5.74) is 0.150. The molecule has 2 aromatic rings. The number of rotatable bonds is 10. The predicted molar refractivity (Wildman–Crippen MR) is 136 cm³/mol.